The van der Waals surface area contributed by atoms with E-state index in [-0.39, 0.29) is 0 Å². The molecule has 2 heteroatoms. The molecule has 0 aliphatic carbocycles. The third-order valence-corrected chi connectivity index (χ3v) is 4.38. The second-order valence-corrected chi connectivity index (χ2v) is 5.48. The van der Waals surface area contributed by atoms with Crippen molar-refractivity contribution >= 4 is 21.4 Å². The smallest absolute Gasteiger partial charge is 0.0345 e. The predicted molar refractivity (Wildman–Crippen MR) is 77.9 cm³/mol. The van der Waals surface area contributed by atoms with Crippen LogP contribution in [-0.2, 0) is 6.42 Å². The van der Waals surface area contributed by atoms with Crippen LogP contribution in [0.15, 0.2) is 29.6 Å². The van der Waals surface area contributed by atoms with Crippen LogP contribution in [0.4, 0.5) is 0 Å². The summed E-state index contributed by atoms with van der Waals surface area (Å²) in [5, 5.41) is 7.19. The highest BCUT2D eigenvalue weighted by molar-refractivity contribution is 7.17. The highest BCUT2D eigenvalue weighted by Gasteiger charge is 2.08. The van der Waals surface area contributed by atoms with Gasteiger partial charge in [-0.2, -0.15) is 0 Å². The standard InChI is InChI=1S/C15H21NS/c1-3-6-13(16-2)10-9-12-11-17-15-8-5-4-7-14(12)15/h4-5,7-8,11,13,16H,3,6,9-10H2,1-2H3. The predicted octanol–water partition coefficient (Wildman–Crippen LogP) is 4.22. The van der Waals surface area contributed by atoms with Crippen molar-refractivity contribution in [2.45, 2.75) is 38.6 Å². The number of aryl methyl sites for hydroxylation is 1. The first-order chi connectivity index (χ1) is 8.35. The minimum atomic E-state index is 0.665. The van der Waals surface area contributed by atoms with Crippen LogP contribution in [0.5, 0.6) is 0 Å². The van der Waals surface area contributed by atoms with Crippen LogP contribution in [0.3, 0.4) is 0 Å². The number of benzene rings is 1. The number of fused-ring (bicyclic) bond motifs is 1. The van der Waals surface area contributed by atoms with Gasteiger partial charge in [-0.15, -0.1) is 11.3 Å². The Hall–Kier alpha value is -0.860. The molecule has 17 heavy (non-hydrogen) atoms. The van der Waals surface area contributed by atoms with E-state index in [4.69, 9.17) is 0 Å². The molecular weight excluding hydrogens is 226 g/mol. The average Bonchev–Trinajstić information content (AvgIpc) is 2.78. The van der Waals surface area contributed by atoms with E-state index in [9.17, 15) is 0 Å². The number of thiophene rings is 1. The number of rotatable bonds is 6. The molecule has 1 N–H and O–H groups in total. The molecule has 1 aromatic carbocycles. The van der Waals surface area contributed by atoms with Gasteiger partial charge >= 0.3 is 0 Å². The maximum Gasteiger partial charge on any atom is 0.0345 e. The molecule has 0 spiro atoms. The number of hydrogen-bond acceptors (Lipinski definition) is 2. The molecule has 0 saturated heterocycles. The van der Waals surface area contributed by atoms with Gasteiger partial charge in [0.15, 0.2) is 0 Å². The minimum Gasteiger partial charge on any atom is -0.317 e. The SMILES string of the molecule is CCCC(CCc1csc2ccccc12)NC. The van der Waals surface area contributed by atoms with E-state index < -0.39 is 0 Å². The highest BCUT2D eigenvalue weighted by Crippen LogP contribution is 2.26. The van der Waals surface area contributed by atoms with E-state index in [1.54, 1.807) is 0 Å². The van der Waals surface area contributed by atoms with E-state index in [2.05, 4.69) is 48.9 Å². The lowest BCUT2D eigenvalue weighted by Gasteiger charge is -2.14. The molecule has 0 saturated carbocycles. The summed E-state index contributed by atoms with van der Waals surface area (Å²) < 4.78 is 1.42. The quantitative estimate of drug-likeness (QED) is 0.806. The second-order valence-electron chi connectivity index (χ2n) is 4.57. The summed E-state index contributed by atoms with van der Waals surface area (Å²) in [5.74, 6) is 0. The van der Waals surface area contributed by atoms with Gasteiger partial charge < -0.3 is 5.32 Å². The topological polar surface area (TPSA) is 12.0 Å². The maximum absolute atomic E-state index is 3.42. The Morgan fingerprint density at radius 3 is 2.82 bits per heavy atom. The molecule has 0 aliphatic heterocycles. The van der Waals surface area contributed by atoms with Crippen molar-refractivity contribution in [2.75, 3.05) is 7.05 Å². The molecule has 1 unspecified atom stereocenters. The van der Waals surface area contributed by atoms with E-state index in [1.165, 1.54) is 41.3 Å². The summed E-state index contributed by atoms with van der Waals surface area (Å²) in [5.41, 5.74) is 1.52. The van der Waals surface area contributed by atoms with E-state index in [1.807, 2.05) is 11.3 Å². The molecule has 1 nitrogen and oxygen atoms in total. The molecule has 0 aliphatic rings. The first kappa shape index (κ1) is 12.6. The zero-order chi connectivity index (χ0) is 12.1. The van der Waals surface area contributed by atoms with Gasteiger partial charge in [-0.3, -0.25) is 0 Å². The first-order valence-electron chi connectivity index (χ1n) is 6.47. The molecule has 0 amide bonds. The largest absolute Gasteiger partial charge is 0.317 e. The Bertz CT molecular complexity index is 461. The maximum atomic E-state index is 3.42. The van der Waals surface area contributed by atoms with E-state index in [0.29, 0.717) is 6.04 Å². The van der Waals surface area contributed by atoms with Crippen molar-refractivity contribution in [1.82, 2.24) is 5.32 Å². The van der Waals surface area contributed by atoms with Gasteiger partial charge in [-0.05, 0) is 48.7 Å². The van der Waals surface area contributed by atoms with Gasteiger partial charge in [0, 0.05) is 10.7 Å². The lowest BCUT2D eigenvalue weighted by Crippen LogP contribution is -2.25. The Kier molecular flexibility index (Phi) is 4.57. The third kappa shape index (κ3) is 3.08. The van der Waals surface area contributed by atoms with Crippen LogP contribution in [0, 0.1) is 0 Å². The second kappa shape index (κ2) is 6.18. The molecule has 2 rings (SSSR count). The van der Waals surface area contributed by atoms with Crippen LogP contribution in [0.1, 0.15) is 31.7 Å². The monoisotopic (exact) mass is 247 g/mol. The molecule has 2 aromatic rings. The summed E-state index contributed by atoms with van der Waals surface area (Å²) in [6.45, 7) is 2.25. The zero-order valence-electron chi connectivity index (χ0n) is 10.7. The van der Waals surface area contributed by atoms with Crippen LogP contribution in [-0.4, -0.2) is 13.1 Å². The summed E-state index contributed by atoms with van der Waals surface area (Å²) in [7, 11) is 2.08. The van der Waals surface area contributed by atoms with Crippen molar-refractivity contribution in [3.05, 3.63) is 35.2 Å². The molecule has 0 bridgehead atoms. The van der Waals surface area contributed by atoms with E-state index in [0.717, 1.165) is 0 Å². The fourth-order valence-corrected chi connectivity index (χ4v) is 3.33. The molecule has 1 heterocycles. The Morgan fingerprint density at radius 2 is 2.06 bits per heavy atom. The molecule has 0 fully saturated rings. The normalized spacial score (nSPS) is 13.1. The summed E-state index contributed by atoms with van der Waals surface area (Å²) >= 11 is 1.87. The zero-order valence-corrected chi connectivity index (χ0v) is 11.5. The minimum absolute atomic E-state index is 0.665. The molecular formula is C15H21NS. The van der Waals surface area contributed by atoms with Crippen LogP contribution < -0.4 is 5.32 Å². The fourth-order valence-electron chi connectivity index (χ4n) is 2.34. The first-order valence-corrected chi connectivity index (χ1v) is 7.35. The van der Waals surface area contributed by atoms with Crippen LogP contribution in [0.25, 0.3) is 10.1 Å². The summed E-state index contributed by atoms with van der Waals surface area (Å²) in [6, 6.07) is 9.38. The third-order valence-electron chi connectivity index (χ3n) is 3.37. The summed E-state index contributed by atoms with van der Waals surface area (Å²) in [4.78, 5) is 0. The molecule has 92 valence electrons. The van der Waals surface area contributed by atoms with Gasteiger partial charge in [0.1, 0.15) is 0 Å². The fraction of sp³-hybridized carbons (Fsp3) is 0.467. The Balaban J connectivity index is 2.03. The molecule has 1 atom stereocenters. The lowest BCUT2D eigenvalue weighted by molar-refractivity contribution is 0.485. The number of nitrogens with one attached hydrogen (secondary N) is 1. The van der Waals surface area contributed by atoms with Gasteiger partial charge in [0.25, 0.3) is 0 Å². The lowest BCUT2D eigenvalue weighted by atomic mass is 10.0. The van der Waals surface area contributed by atoms with Gasteiger partial charge in [-0.1, -0.05) is 31.5 Å². The number of hydrogen-bond donors (Lipinski definition) is 1. The van der Waals surface area contributed by atoms with Crippen LogP contribution >= 0.6 is 11.3 Å². The van der Waals surface area contributed by atoms with Gasteiger partial charge in [-0.25, -0.2) is 0 Å². The van der Waals surface area contributed by atoms with Crippen molar-refractivity contribution < 1.29 is 0 Å². The molecule has 1 aromatic heterocycles. The van der Waals surface area contributed by atoms with Gasteiger partial charge in [0.05, 0.1) is 0 Å². The van der Waals surface area contributed by atoms with Crippen molar-refractivity contribution in [1.29, 1.82) is 0 Å². The highest BCUT2D eigenvalue weighted by atomic mass is 32.1. The average molecular weight is 247 g/mol. The van der Waals surface area contributed by atoms with Gasteiger partial charge in [0.2, 0.25) is 0 Å². The Morgan fingerprint density at radius 1 is 1.24 bits per heavy atom. The molecule has 0 radical (unpaired) electrons. The van der Waals surface area contributed by atoms with Crippen LogP contribution in [0.2, 0.25) is 0 Å². The Labute approximate surface area is 108 Å². The van der Waals surface area contributed by atoms with Crippen molar-refractivity contribution in [2.24, 2.45) is 0 Å². The van der Waals surface area contributed by atoms with Crippen molar-refractivity contribution in [3.8, 4) is 0 Å². The van der Waals surface area contributed by atoms with Crippen molar-refractivity contribution in [3.63, 3.8) is 0 Å². The van der Waals surface area contributed by atoms with E-state index >= 15 is 0 Å². The summed E-state index contributed by atoms with van der Waals surface area (Å²) in [6.07, 6.45) is 4.97.